The van der Waals surface area contributed by atoms with Crippen LogP contribution in [0.4, 0.5) is 0 Å². The largest absolute Gasteiger partial charge is 0.506 e. The molecule has 4 nitrogen and oxygen atoms in total. The number of aromatic nitrogens is 1. The maximum absolute atomic E-state index is 11.4. The second-order valence-electron chi connectivity index (χ2n) is 2.92. The van der Waals surface area contributed by atoms with E-state index in [2.05, 4.69) is 4.98 Å². The average Bonchev–Trinajstić information content (AvgIpc) is 2.31. The Morgan fingerprint density at radius 3 is 2.75 bits per heavy atom. The standard InChI is InChI=1S/C8H10N2O2/c11-6-4-7(9-5-6)8(12)10-2-1-3-10/h4-5,9,11H,1-3H2. The first kappa shape index (κ1) is 7.21. The van der Waals surface area contributed by atoms with Gasteiger partial charge in [-0.2, -0.15) is 0 Å². The maximum Gasteiger partial charge on any atom is 0.270 e. The zero-order valence-corrected chi connectivity index (χ0v) is 6.58. The van der Waals surface area contributed by atoms with Gasteiger partial charge in [-0.1, -0.05) is 0 Å². The zero-order chi connectivity index (χ0) is 8.55. The normalized spacial score (nSPS) is 15.8. The van der Waals surface area contributed by atoms with Gasteiger partial charge in [-0.3, -0.25) is 4.79 Å². The summed E-state index contributed by atoms with van der Waals surface area (Å²) in [6, 6.07) is 1.45. The topological polar surface area (TPSA) is 56.3 Å². The van der Waals surface area contributed by atoms with Crippen LogP contribution >= 0.6 is 0 Å². The van der Waals surface area contributed by atoms with Crippen LogP contribution in [0.3, 0.4) is 0 Å². The van der Waals surface area contributed by atoms with Crippen molar-refractivity contribution in [2.75, 3.05) is 13.1 Å². The molecule has 0 bridgehead atoms. The molecule has 0 atom stereocenters. The van der Waals surface area contributed by atoms with Gasteiger partial charge in [-0.15, -0.1) is 0 Å². The predicted molar refractivity (Wildman–Crippen MR) is 43.0 cm³/mol. The van der Waals surface area contributed by atoms with E-state index in [9.17, 15) is 4.79 Å². The smallest absolute Gasteiger partial charge is 0.270 e. The van der Waals surface area contributed by atoms with E-state index >= 15 is 0 Å². The lowest BCUT2D eigenvalue weighted by Crippen LogP contribution is -2.42. The molecule has 64 valence electrons. The molecule has 12 heavy (non-hydrogen) atoms. The number of likely N-dealkylation sites (tertiary alicyclic amines) is 1. The summed E-state index contributed by atoms with van der Waals surface area (Å²) in [5, 5.41) is 8.97. The minimum absolute atomic E-state index is 0.0263. The first-order valence-electron chi connectivity index (χ1n) is 3.94. The molecule has 1 aliphatic heterocycles. The van der Waals surface area contributed by atoms with Crippen molar-refractivity contribution in [3.63, 3.8) is 0 Å². The van der Waals surface area contributed by atoms with Crippen molar-refractivity contribution in [2.24, 2.45) is 0 Å². The molecule has 4 heteroatoms. The van der Waals surface area contributed by atoms with Gasteiger partial charge in [0.2, 0.25) is 0 Å². The van der Waals surface area contributed by atoms with E-state index in [4.69, 9.17) is 5.11 Å². The van der Waals surface area contributed by atoms with Gasteiger partial charge in [0, 0.05) is 25.4 Å². The highest BCUT2D eigenvalue weighted by molar-refractivity contribution is 5.93. The zero-order valence-electron chi connectivity index (χ0n) is 6.58. The number of nitrogens with one attached hydrogen (secondary N) is 1. The molecule has 0 saturated carbocycles. The van der Waals surface area contributed by atoms with Crippen LogP contribution in [0, 0.1) is 0 Å². The number of rotatable bonds is 1. The van der Waals surface area contributed by atoms with Crippen LogP contribution < -0.4 is 0 Å². The molecule has 0 unspecified atom stereocenters. The first-order valence-corrected chi connectivity index (χ1v) is 3.94. The Morgan fingerprint density at radius 2 is 2.33 bits per heavy atom. The summed E-state index contributed by atoms with van der Waals surface area (Å²) in [4.78, 5) is 15.9. The van der Waals surface area contributed by atoms with Gasteiger partial charge in [0.25, 0.3) is 5.91 Å². The first-order chi connectivity index (χ1) is 5.77. The van der Waals surface area contributed by atoms with Gasteiger partial charge in [0.1, 0.15) is 11.4 Å². The van der Waals surface area contributed by atoms with Crippen LogP contribution in [0.1, 0.15) is 16.9 Å². The van der Waals surface area contributed by atoms with E-state index in [0.717, 1.165) is 19.5 Å². The quantitative estimate of drug-likeness (QED) is 0.640. The van der Waals surface area contributed by atoms with E-state index in [1.165, 1.54) is 12.3 Å². The number of aromatic amines is 1. The number of carbonyl (C=O) groups is 1. The highest BCUT2D eigenvalue weighted by Gasteiger charge is 2.22. The molecule has 0 aromatic carbocycles. The molecule has 1 aromatic rings. The van der Waals surface area contributed by atoms with Gasteiger partial charge in [0.15, 0.2) is 0 Å². The molecule has 2 heterocycles. The molecule has 0 spiro atoms. The summed E-state index contributed by atoms with van der Waals surface area (Å²) < 4.78 is 0. The lowest BCUT2D eigenvalue weighted by Gasteiger charge is -2.30. The Bertz CT molecular complexity index is 302. The van der Waals surface area contributed by atoms with Crippen LogP contribution in [0.2, 0.25) is 0 Å². The van der Waals surface area contributed by atoms with Crippen molar-refractivity contribution in [2.45, 2.75) is 6.42 Å². The van der Waals surface area contributed by atoms with Crippen molar-refractivity contribution in [3.05, 3.63) is 18.0 Å². The van der Waals surface area contributed by atoms with Crippen LogP contribution in [-0.4, -0.2) is 34.0 Å². The van der Waals surface area contributed by atoms with Gasteiger partial charge >= 0.3 is 0 Å². The number of amides is 1. The third kappa shape index (κ3) is 1.05. The molecule has 1 aliphatic rings. The third-order valence-electron chi connectivity index (χ3n) is 2.04. The van der Waals surface area contributed by atoms with Crippen molar-refractivity contribution < 1.29 is 9.90 Å². The second-order valence-corrected chi connectivity index (χ2v) is 2.92. The van der Waals surface area contributed by atoms with Crippen LogP contribution in [0.25, 0.3) is 0 Å². The van der Waals surface area contributed by atoms with Gasteiger partial charge in [0.05, 0.1) is 0 Å². The molecular formula is C8H10N2O2. The molecule has 1 aromatic heterocycles. The van der Waals surface area contributed by atoms with Gasteiger partial charge in [-0.05, 0) is 6.42 Å². The fourth-order valence-corrected chi connectivity index (χ4v) is 1.20. The fourth-order valence-electron chi connectivity index (χ4n) is 1.20. The van der Waals surface area contributed by atoms with E-state index in [1.54, 1.807) is 4.90 Å². The highest BCUT2D eigenvalue weighted by atomic mass is 16.3. The highest BCUT2D eigenvalue weighted by Crippen LogP contribution is 2.15. The van der Waals surface area contributed by atoms with Crippen LogP contribution in [0.15, 0.2) is 12.3 Å². The summed E-state index contributed by atoms with van der Waals surface area (Å²) in [6.07, 6.45) is 2.49. The molecular weight excluding hydrogens is 156 g/mol. The number of carbonyl (C=O) groups excluding carboxylic acids is 1. The third-order valence-corrected chi connectivity index (χ3v) is 2.04. The molecule has 2 N–H and O–H groups in total. The number of H-pyrrole nitrogens is 1. The SMILES string of the molecule is O=C(c1cc(O)c[nH]1)N1CCC1. The fraction of sp³-hybridized carbons (Fsp3) is 0.375. The monoisotopic (exact) mass is 166 g/mol. The summed E-state index contributed by atoms with van der Waals surface area (Å²) >= 11 is 0. The Balaban J connectivity index is 2.13. The number of hydrogen-bond donors (Lipinski definition) is 2. The van der Waals surface area contributed by atoms with E-state index in [1.807, 2.05) is 0 Å². The van der Waals surface area contributed by atoms with Gasteiger partial charge < -0.3 is 15.0 Å². The molecule has 1 amide bonds. The molecule has 1 saturated heterocycles. The summed E-state index contributed by atoms with van der Waals surface area (Å²) in [6.45, 7) is 1.66. The molecule has 0 radical (unpaired) electrons. The summed E-state index contributed by atoms with van der Waals surface area (Å²) in [5.41, 5.74) is 0.465. The Hall–Kier alpha value is -1.45. The predicted octanol–water partition coefficient (Wildman–Crippen LogP) is 0.566. The summed E-state index contributed by atoms with van der Waals surface area (Å²) in [5.74, 6) is 0.0837. The molecule has 0 aliphatic carbocycles. The Morgan fingerprint density at radius 1 is 1.58 bits per heavy atom. The van der Waals surface area contributed by atoms with Crippen molar-refractivity contribution in [3.8, 4) is 5.75 Å². The van der Waals surface area contributed by atoms with E-state index in [0.29, 0.717) is 5.69 Å². The minimum Gasteiger partial charge on any atom is -0.506 e. The Labute approximate surface area is 69.8 Å². The lowest BCUT2D eigenvalue weighted by molar-refractivity contribution is 0.0646. The van der Waals surface area contributed by atoms with E-state index < -0.39 is 0 Å². The number of aromatic hydroxyl groups is 1. The van der Waals surface area contributed by atoms with Crippen LogP contribution in [0.5, 0.6) is 5.75 Å². The van der Waals surface area contributed by atoms with Crippen molar-refractivity contribution in [1.82, 2.24) is 9.88 Å². The van der Waals surface area contributed by atoms with Crippen LogP contribution in [-0.2, 0) is 0 Å². The Kier molecular flexibility index (Phi) is 1.53. The second kappa shape index (κ2) is 2.55. The lowest BCUT2D eigenvalue weighted by atomic mass is 10.2. The molecule has 1 fully saturated rings. The van der Waals surface area contributed by atoms with Crippen molar-refractivity contribution in [1.29, 1.82) is 0 Å². The average molecular weight is 166 g/mol. The van der Waals surface area contributed by atoms with E-state index in [-0.39, 0.29) is 11.7 Å². The molecule has 2 rings (SSSR count). The number of hydrogen-bond acceptors (Lipinski definition) is 2. The van der Waals surface area contributed by atoms with Crippen molar-refractivity contribution >= 4 is 5.91 Å². The number of nitrogens with zero attached hydrogens (tertiary/aromatic N) is 1. The minimum atomic E-state index is -0.0263. The summed E-state index contributed by atoms with van der Waals surface area (Å²) in [7, 11) is 0. The maximum atomic E-state index is 11.4. The van der Waals surface area contributed by atoms with Gasteiger partial charge in [-0.25, -0.2) is 0 Å².